The van der Waals surface area contributed by atoms with Crippen LogP contribution in [0, 0.1) is 0 Å². The number of hydrogen-bond acceptors (Lipinski definition) is 7. The Morgan fingerprint density at radius 2 is 1.61 bits per heavy atom. The summed E-state index contributed by atoms with van der Waals surface area (Å²) in [5.41, 5.74) is 0.400. The van der Waals surface area contributed by atoms with Gasteiger partial charge >= 0.3 is 12.0 Å². The lowest BCUT2D eigenvalue weighted by Crippen LogP contribution is -2.42. The number of benzene rings is 2. The highest BCUT2D eigenvalue weighted by molar-refractivity contribution is 7.90. The van der Waals surface area contributed by atoms with Crippen molar-refractivity contribution in [3.63, 3.8) is 0 Å². The summed E-state index contributed by atoms with van der Waals surface area (Å²) in [5, 5.41) is 4.53. The van der Waals surface area contributed by atoms with Gasteiger partial charge in [0.15, 0.2) is 9.84 Å². The van der Waals surface area contributed by atoms with Crippen LogP contribution in [-0.2, 0) is 25.1 Å². The second-order valence-electron chi connectivity index (χ2n) is 6.89. The Labute approximate surface area is 190 Å². The minimum absolute atomic E-state index is 0.0831. The molecule has 0 aliphatic rings. The van der Waals surface area contributed by atoms with E-state index in [-0.39, 0.29) is 16.2 Å². The number of sulfone groups is 1. The summed E-state index contributed by atoms with van der Waals surface area (Å²) in [6, 6.07) is 16.5. The van der Waals surface area contributed by atoms with Crippen molar-refractivity contribution < 1.29 is 32.0 Å². The largest absolute Gasteiger partial charge is 0.457 e. The van der Waals surface area contributed by atoms with E-state index in [2.05, 4.69) is 10.6 Å². The van der Waals surface area contributed by atoms with Gasteiger partial charge in [-0.2, -0.15) is 0 Å². The van der Waals surface area contributed by atoms with Gasteiger partial charge < -0.3 is 14.5 Å². The zero-order valence-electron chi connectivity index (χ0n) is 17.7. The first-order valence-electron chi connectivity index (χ1n) is 10.0. The van der Waals surface area contributed by atoms with Crippen molar-refractivity contribution in [3.8, 4) is 0 Å². The van der Waals surface area contributed by atoms with E-state index >= 15 is 0 Å². The predicted octanol–water partition coefficient (Wildman–Crippen LogP) is 3.00. The topological polar surface area (TPSA) is 132 Å². The summed E-state index contributed by atoms with van der Waals surface area (Å²) in [7, 11) is -3.76. The van der Waals surface area contributed by atoms with Gasteiger partial charge in [0.05, 0.1) is 16.9 Å². The standard InChI is InChI=1S/C23H22N2O7S/c1-2-24-23(28)25-21(26)19(16-9-5-3-6-10-16)32-22(27)20-17(13-14-31-20)15-33(29,30)18-11-7-4-8-12-18/h3-14,19H,2,15H2,1H3,(H2,24,25,26,28). The summed E-state index contributed by atoms with van der Waals surface area (Å²) in [4.78, 5) is 37.4. The van der Waals surface area contributed by atoms with Crippen LogP contribution in [0.25, 0.3) is 0 Å². The molecular weight excluding hydrogens is 448 g/mol. The van der Waals surface area contributed by atoms with Gasteiger partial charge in [-0.15, -0.1) is 0 Å². The van der Waals surface area contributed by atoms with Gasteiger partial charge in [-0.1, -0.05) is 48.5 Å². The van der Waals surface area contributed by atoms with Crippen LogP contribution in [0.15, 0.2) is 82.3 Å². The second kappa shape index (κ2) is 10.6. The molecule has 0 aliphatic heterocycles. The van der Waals surface area contributed by atoms with Crippen LogP contribution in [-0.4, -0.2) is 32.9 Å². The Hall–Kier alpha value is -3.92. The average molecular weight is 471 g/mol. The van der Waals surface area contributed by atoms with Crippen molar-refractivity contribution in [1.29, 1.82) is 0 Å². The molecule has 3 aromatic rings. The monoisotopic (exact) mass is 470 g/mol. The van der Waals surface area contributed by atoms with E-state index in [9.17, 15) is 22.8 Å². The van der Waals surface area contributed by atoms with Crippen LogP contribution >= 0.6 is 0 Å². The van der Waals surface area contributed by atoms with Crippen molar-refractivity contribution >= 4 is 27.7 Å². The number of carbonyl (C=O) groups excluding carboxylic acids is 3. The maximum Gasteiger partial charge on any atom is 0.375 e. The van der Waals surface area contributed by atoms with Gasteiger partial charge in [0.1, 0.15) is 0 Å². The number of rotatable bonds is 8. The molecule has 33 heavy (non-hydrogen) atoms. The molecule has 9 nitrogen and oxygen atoms in total. The highest BCUT2D eigenvalue weighted by atomic mass is 32.2. The normalized spacial score (nSPS) is 11.9. The first-order valence-corrected chi connectivity index (χ1v) is 11.7. The number of amides is 3. The zero-order valence-corrected chi connectivity index (χ0v) is 18.5. The van der Waals surface area contributed by atoms with E-state index in [1.807, 2.05) is 0 Å². The van der Waals surface area contributed by atoms with Gasteiger partial charge in [0.25, 0.3) is 5.91 Å². The lowest BCUT2D eigenvalue weighted by atomic mass is 10.1. The van der Waals surface area contributed by atoms with Crippen molar-refractivity contribution in [2.75, 3.05) is 6.54 Å². The van der Waals surface area contributed by atoms with Crippen LogP contribution in [0.1, 0.15) is 34.7 Å². The molecule has 0 saturated heterocycles. The van der Waals surface area contributed by atoms with Gasteiger partial charge in [-0.05, 0) is 25.1 Å². The summed E-state index contributed by atoms with van der Waals surface area (Å²) in [5.74, 6) is -2.76. The van der Waals surface area contributed by atoms with E-state index in [0.29, 0.717) is 12.1 Å². The summed E-state index contributed by atoms with van der Waals surface area (Å²) in [6.45, 7) is 1.97. The molecule has 1 unspecified atom stereocenters. The van der Waals surface area contributed by atoms with Crippen LogP contribution in [0.2, 0.25) is 0 Å². The van der Waals surface area contributed by atoms with E-state index in [1.165, 1.54) is 24.5 Å². The quantitative estimate of drug-likeness (QED) is 0.484. The van der Waals surface area contributed by atoms with Crippen molar-refractivity contribution in [1.82, 2.24) is 10.6 Å². The number of esters is 1. The number of imide groups is 1. The summed E-state index contributed by atoms with van der Waals surface area (Å²) in [6.07, 6.45) is -0.302. The third-order valence-electron chi connectivity index (χ3n) is 4.52. The first kappa shape index (κ1) is 23.7. The number of nitrogens with one attached hydrogen (secondary N) is 2. The highest BCUT2D eigenvalue weighted by Gasteiger charge is 2.30. The van der Waals surface area contributed by atoms with E-state index in [4.69, 9.17) is 9.15 Å². The molecule has 10 heteroatoms. The molecular formula is C23H22N2O7S. The van der Waals surface area contributed by atoms with E-state index in [0.717, 1.165) is 0 Å². The number of urea groups is 1. The van der Waals surface area contributed by atoms with E-state index < -0.39 is 39.6 Å². The molecule has 3 rings (SSSR count). The molecule has 2 aromatic carbocycles. The van der Waals surface area contributed by atoms with Crippen molar-refractivity contribution in [3.05, 3.63) is 89.9 Å². The third kappa shape index (κ3) is 6.07. The number of ether oxygens (including phenoxy) is 1. The molecule has 0 radical (unpaired) electrons. The molecule has 0 saturated carbocycles. The lowest BCUT2D eigenvalue weighted by Gasteiger charge is -2.17. The van der Waals surface area contributed by atoms with Crippen molar-refractivity contribution in [2.24, 2.45) is 0 Å². The minimum atomic E-state index is -3.76. The summed E-state index contributed by atoms with van der Waals surface area (Å²) >= 11 is 0. The van der Waals surface area contributed by atoms with Gasteiger partial charge in [-0.25, -0.2) is 18.0 Å². The third-order valence-corrected chi connectivity index (χ3v) is 6.20. The Morgan fingerprint density at radius 3 is 2.24 bits per heavy atom. The Bertz CT molecular complexity index is 1220. The predicted molar refractivity (Wildman–Crippen MR) is 118 cm³/mol. The fourth-order valence-corrected chi connectivity index (χ4v) is 4.36. The summed E-state index contributed by atoms with van der Waals surface area (Å²) < 4.78 is 36.0. The Kier molecular flexibility index (Phi) is 7.62. The Morgan fingerprint density at radius 1 is 0.970 bits per heavy atom. The molecule has 2 N–H and O–H groups in total. The van der Waals surface area contributed by atoms with Gasteiger partial charge in [-0.3, -0.25) is 10.1 Å². The van der Waals surface area contributed by atoms with Crippen LogP contribution < -0.4 is 10.6 Å². The smallest absolute Gasteiger partial charge is 0.375 e. The second-order valence-corrected chi connectivity index (χ2v) is 8.88. The highest BCUT2D eigenvalue weighted by Crippen LogP contribution is 2.24. The Balaban J connectivity index is 1.83. The van der Waals surface area contributed by atoms with E-state index in [1.54, 1.807) is 55.5 Å². The molecule has 1 atom stereocenters. The maximum atomic E-state index is 12.9. The number of hydrogen-bond donors (Lipinski definition) is 2. The van der Waals surface area contributed by atoms with Crippen LogP contribution in [0.3, 0.4) is 0 Å². The SMILES string of the molecule is CCNC(=O)NC(=O)C(OC(=O)c1occc1CS(=O)(=O)c1ccccc1)c1ccccc1. The molecule has 0 bridgehead atoms. The number of carbonyl (C=O) groups is 3. The average Bonchev–Trinajstić information content (AvgIpc) is 3.26. The molecule has 1 heterocycles. The zero-order chi connectivity index (χ0) is 23.8. The maximum absolute atomic E-state index is 12.9. The van der Waals surface area contributed by atoms with Crippen LogP contribution in [0.5, 0.6) is 0 Å². The molecule has 0 spiro atoms. The molecule has 1 aromatic heterocycles. The minimum Gasteiger partial charge on any atom is -0.457 e. The lowest BCUT2D eigenvalue weighted by molar-refractivity contribution is -0.129. The fourth-order valence-electron chi connectivity index (χ4n) is 2.99. The molecule has 0 fully saturated rings. The number of furan rings is 1. The fraction of sp³-hybridized carbons (Fsp3) is 0.174. The molecule has 3 amide bonds. The molecule has 0 aliphatic carbocycles. The molecule has 172 valence electrons. The van der Waals surface area contributed by atoms with Gasteiger partial charge in [0, 0.05) is 17.7 Å². The van der Waals surface area contributed by atoms with Crippen LogP contribution in [0.4, 0.5) is 4.79 Å². The van der Waals surface area contributed by atoms with Crippen molar-refractivity contribution in [2.45, 2.75) is 23.7 Å². The first-order chi connectivity index (χ1) is 15.8. The van der Waals surface area contributed by atoms with Gasteiger partial charge in [0.2, 0.25) is 11.9 Å².